The summed E-state index contributed by atoms with van der Waals surface area (Å²) in [6, 6.07) is 0. The molecule has 0 saturated heterocycles. The van der Waals surface area contributed by atoms with Crippen LogP contribution in [0.2, 0.25) is 0 Å². The fourth-order valence-electron chi connectivity index (χ4n) is 1.000. The van der Waals surface area contributed by atoms with Gasteiger partial charge in [0.1, 0.15) is 0 Å². The van der Waals surface area contributed by atoms with Gasteiger partial charge in [0.2, 0.25) is 0 Å². The van der Waals surface area contributed by atoms with E-state index in [1.54, 1.807) is 6.92 Å². The summed E-state index contributed by atoms with van der Waals surface area (Å²) >= 11 is 6.78. The van der Waals surface area contributed by atoms with Crippen LogP contribution in [0, 0.1) is 0 Å². The van der Waals surface area contributed by atoms with Crippen molar-refractivity contribution in [3.8, 4) is 0 Å². The van der Waals surface area contributed by atoms with Crippen LogP contribution in [0.25, 0.3) is 0 Å². The van der Waals surface area contributed by atoms with E-state index in [9.17, 15) is 13.2 Å². The quantitative estimate of drug-likeness (QED) is 0.656. The van der Waals surface area contributed by atoms with Crippen molar-refractivity contribution in [1.29, 1.82) is 0 Å². The van der Waals surface area contributed by atoms with Crippen molar-refractivity contribution in [2.75, 3.05) is 0 Å². The summed E-state index contributed by atoms with van der Waals surface area (Å²) in [5.74, 6) is 0. The summed E-state index contributed by atoms with van der Waals surface area (Å²) in [7, 11) is 0. The Morgan fingerprint density at radius 3 is 2.54 bits per heavy atom. The molecule has 5 heteroatoms. The van der Waals surface area contributed by atoms with E-state index in [0.717, 1.165) is 16.7 Å². The molecule has 74 valence electrons. The van der Waals surface area contributed by atoms with Crippen LogP contribution in [0.5, 0.6) is 0 Å². The highest BCUT2D eigenvalue weighted by Crippen LogP contribution is 2.39. The Kier molecular flexibility index (Phi) is 3.24. The van der Waals surface area contributed by atoms with E-state index in [-0.39, 0.29) is 5.56 Å². The van der Waals surface area contributed by atoms with E-state index in [0.29, 0.717) is 6.42 Å². The van der Waals surface area contributed by atoms with Gasteiger partial charge in [-0.05, 0) is 17.4 Å². The number of hydrogen-bond donors (Lipinski definition) is 0. The monoisotopic (exact) mass is 228 g/mol. The standard InChI is InChI=1S/C8H8ClF3S/c1-2-7(9)5-3-13-4-6(5)8(10,11)12/h3-4,7H,2H2,1H3. The largest absolute Gasteiger partial charge is 0.417 e. The lowest BCUT2D eigenvalue weighted by Gasteiger charge is -2.10. The molecule has 0 aliphatic heterocycles. The Morgan fingerprint density at radius 1 is 1.46 bits per heavy atom. The average Bonchev–Trinajstić information content (AvgIpc) is 2.49. The van der Waals surface area contributed by atoms with Crippen molar-refractivity contribution in [3.63, 3.8) is 0 Å². The average molecular weight is 229 g/mol. The number of alkyl halides is 4. The van der Waals surface area contributed by atoms with Crippen LogP contribution < -0.4 is 0 Å². The minimum atomic E-state index is -4.28. The van der Waals surface area contributed by atoms with Crippen LogP contribution in [0.3, 0.4) is 0 Å². The molecule has 0 aromatic carbocycles. The van der Waals surface area contributed by atoms with Gasteiger partial charge in [-0.1, -0.05) is 6.92 Å². The molecular weight excluding hydrogens is 221 g/mol. The van der Waals surface area contributed by atoms with Crippen LogP contribution in [0.15, 0.2) is 10.8 Å². The fourth-order valence-corrected chi connectivity index (χ4v) is 2.17. The van der Waals surface area contributed by atoms with Gasteiger partial charge in [0.05, 0.1) is 10.9 Å². The Labute approximate surface area is 83.3 Å². The first kappa shape index (κ1) is 10.9. The molecule has 1 heterocycles. The van der Waals surface area contributed by atoms with Gasteiger partial charge in [0.15, 0.2) is 0 Å². The maximum absolute atomic E-state index is 12.3. The zero-order valence-electron chi connectivity index (χ0n) is 6.86. The molecule has 0 saturated carbocycles. The summed E-state index contributed by atoms with van der Waals surface area (Å²) in [4.78, 5) is 0. The Bertz CT molecular complexity index is 279. The first-order valence-electron chi connectivity index (χ1n) is 3.74. The molecule has 0 bridgehead atoms. The predicted molar refractivity (Wildman–Crippen MR) is 48.2 cm³/mol. The lowest BCUT2D eigenvalue weighted by molar-refractivity contribution is -0.137. The highest BCUT2D eigenvalue weighted by atomic mass is 35.5. The van der Waals surface area contributed by atoms with Crippen LogP contribution in [-0.4, -0.2) is 0 Å². The Balaban J connectivity index is 3.03. The van der Waals surface area contributed by atoms with E-state index in [1.807, 2.05) is 0 Å². The highest BCUT2D eigenvalue weighted by Gasteiger charge is 2.35. The second-order valence-electron chi connectivity index (χ2n) is 2.61. The molecule has 0 N–H and O–H groups in total. The third kappa shape index (κ3) is 2.38. The van der Waals surface area contributed by atoms with Gasteiger partial charge in [0.25, 0.3) is 0 Å². The van der Waals surface area contributed by atoms with Crippen molar-refractivity contribution in [1.82, 2.24) is 0 Å². The SMILES string of the molecule is CCC(Cl)c1cscc1C(F)(F)F. The normalized spacial score (nSPS) is 14.5. The number of halogens is 4. The highest BCUT2D eigenvalue weighted by molar-refractivity contribution is 7.08. The lowest BCUT2D eigenvalue weighted by atomic mass is 10.1. The minimum Gasteiger partial charge on any atom is -0.166 e. The number of hydrogen-bond acceptors (Lipinski definition) is 1. The molecule has 0 radical (unpaired) electrons. The van der Waals surface area contributed by atoms with Gasteiger partial charge in [-0.25, -0.2) is 0 Å². The second-order valence-corrected chi connectivity index (χ2v) is 3.88. The van der Waals surface area contributed by atoms with Crippen molar-refractivity contribution >= 4 is 22.9 Å². The zero-order chi connectivity index (χ0) is 10.1. The number of rotatable bonds is 2. The molecule has 13 heavy (non-hydrogen) atoms. The molecule has 1 aromatic heterocycles. The van der Waals surface area contributed by atoms with Crippen molar-refractivity contribution in [2.45, 2.75) is 24.9 Å². The van der Waals surface area contributed by atoms with Gasteiger partial charge in [-0.15, -0.1) is 11.6 Å². The maximum atomic E-state index is 12.3. The molecule has 0 spiro atoms. The number of thiophene rings is 1. The molecular formula is C8H8ClF3S. The van der Waals surface area contributed by atoms with Gasteiger partial charge < -0.3 is 0 Å². The van der Waals surface area contributed by atoms with E-state index in [4.69, 9.17) is 11.6 Å². The molecule has 0 aliphatic carbocycles. The second kappa shape index (κ2) is 3.88. The maximum Gasteiger partial charge on any atom is 0.417 e. The topological polar surface area (TPSA) is 0 Å². The minimum absolute atomic E-state index is 0.196. The van der Waals surface area contributed by atoms with Gasteiger partial charge in [-0.2, -0.15) is 24.5 Å². The van der Waals surface area contributed by atoms with Crippen LogP contribution in [0.1, 0.15) is 29.8 Å². The molecule has 0 nitrogen and oxygen atoms in total. The van der Waals surface area contributed by atoms with Crippen molar-refractivity contribution < 1.29 is 13.2 Å². The summed E-state index contributed by atoms with van der Waals surface area (Å²) < 4.78 is 37.0. The fraction of sp³-hybridized carbons (Fsp3) is 0.500. The molecule has 1 atom stereocenters. The summed E-state index contributed by atoms with van der Waals surface area (Å²) in [6.07, 6.45) is -3.78. The van der Waals surface area contributed by atoms with Gasteiger partial charge in [0, 0.05) is 5.38 Å². The first-order valence-corrected chi connectivity index (χ1v) is 5.12. The van der Waals surface area contributed by atoms with E-state index < -0.39 is 17.1 Å². The van der Waals surface area contributed by atoms with Crippen molar-refractivity contribution in [3.05, 3.63) is 21.9 Å². The van der Waals surface area contributed by atoms with E-state index in [2.05, 4.69) is 0 Å². The smallest absolute Gasteiger partial charge is 0.166 e. The molecule has 0 amide bonds. The third-order valence-corrected chi connectivity index (χ3v) is 3.00. The van der Waals surface area contributed by atoms with Crippen molar-refractivity contribution in [2.24, 2.45) is 0 Å². The van der Waals surface area contributed by atoms with Gasteiger partial charge in [-0.3, -0.25) is 0 Å². The summed E-state index contributed by atoms with van der Waals surface area (Å²) in [6.45, 7) is 1.76. The molecule has 0 fully saturated rings. The first-order chi connectivity index (χ1) is 5.96. The molecule has 1 rings (SSSR count). The Hall–Kier alpha value is -0.220. The summed E-state index contributed by atoms with van der Waals surface area (Å²) in [5, 5.41) is 2.02. The predicted octanol–water partition coefficient (Wildman–Crippen LogP) is 4.46. The molecule has 1 aromatic rings. The van der Waals surface area contributed by atoms with Crippen LogP contribution in [0.4, 0.5) is 13.2 Å². The summed E-state index contributed by atoms with van der Waals surface area (Å²) in [5.41, 5.74) is -0.402. The molecule has 0 aliphatic rings. The van der Waals surface area contributed by atoms with Gasteiger partial charge >= 0.3 is 6.18 Å². The van der Waals surface area contributed by atoms with Crippen LogP contribution in [-0.2, 0) is 6.18 Å². The van der Waals surface area contributed by atoms with E-state index >= 15 is 0 Å². The van der Waals surface area contributed by atoms with Crippen LogP contribution >= 0.6 is 22.9 Å². The lowest BCUT2D eigenvalue weighted by Crippen LogP contribution is -2.07. The van der Waals surface area contributed by atoms with E-state index in [1.165, 1.54) is 5.38 Å². The third-order valence-electron chi connectivity index (χ3n) is 1.69. The molecule has 1 unspecified atom stereocenters. The Morgan fingerprint density at radius 2 is 2.08 bits per heavy atom. The zero-order valence-corrected chi connectivity index (χ0v) is 8.43.